The molecule has 0 atom stereocenters. The number of hydrogen-bond donors (Lipinski definition) is 2. The number of hydrogen-bond acceptors (Lipinski definition) is 5. The Morgan fingerprint density at radius 2 is 1.79 bits per heavy atom. The topological polar surface area (TPSA) is 97.0 Å². The van der Waals surface area contributed by atoms with Crippen LogP contribution in [0.2, 0.25) is 0 Å². The second-order valence-electron chi connectivity index (χ2n) is 8.46. The van der Waals surface area contributed by atoms with Crippen LogP contribution >= 0.6 is 0 Å². The Kier molecular flexibility index (Phi) is 7.71. The van der Waals surface area contributed by atoms with Gasteiger partial charge in [0.25, 0.3) is 5.91 Å². The standard InChI is InChI=1S/C25H29N3O5/c1-25(2,3)33-24(31)26-17-18-11-5-7-13-20(18)27-23(30)28-15-9-4-10-16-32-21-14-8-6-12-19(21)22(28)29/h4-9,11-14H,10,15-17H2,1-3H3,(H,26,31)(H,27,30)/b9-4-. The Hall–Kier alpha value is -3.81. The molecule has 2 aromatic carbocycles. The zero-order chi connectivity index (χ0) is 23.8. The highest BCUT2D eigenvalue weighted by molar-refractivity contribution is 6.09. The van der Waals surface area contributed by atoms with Gasteiger partial charge in [-0.05, 0) is 51.0 Å². The molecule has 0 aromatic heterocycles. The Bertz CT molecular complexity index is 1040. The predicted molar refractivity (Wildman–Crippen MR) is 125 cm³/mol. The first-order valence-electron chi connectivity index (χ1n) is 10.8. The fraction of sp³-hybridized carbons (Fsp3) is 0.320. The fourth-order valence-corrected chi connectivity index (χ4v) is 3.17. The van der Waals surface area contributed by atoms with E-state index in [0.717, 1.165) is 4.90 Å². The van der Waals surface area contributed by atoms with E-state index in [-0.39, 0.29) is 13.1 Å². The molecule has 1 heterocycles. The van der Waals surface area contributed by atoms with Gasteiger partial charge in [0.1, 0.15) is 11.4 Å². The van der Waals surface area contributed by atoms with Crippen molar-refractivity contribution in [1.82, 2.24) is 10.2 Å². The third-order valence-electron chi connectivity index (χ3n) is 4.69. The lowest BCUT2D eigenvalue weighted by Gasteiger charge is -2.23. The van der Waals surface area contributed by atoms with Gasteiger partial charge < -0.3 is 20.1 Å². The van der Waals surface area contributed by atoms with Crippen LogP contribution in [0, 0.1) is 0 Å². The summed E-state index contributed by atoms with van der Waals surface area (Å²) in [4.78, 5) is 39.5. The Morgan fingerprint density at radius 1 is 1.06 bits per heavy atom. The number of urea groups is 1. The van der Waals surface area contributed by atoms with E-state index in [0.29, 0.717) is 35.6 Å². The molecule has 1 aliphatic rings. The molecule has 0 radical (unpaired) electrons. The van der Waals surface area contributed by atoms with Crippen LogP contribution in [-0.2, 0) is 11.3 Å². The summed E-state index contributed by atoms with van der Waals surface area (Å²) in [7, 11) is 0. The highest BCUT2D eigenvalue weighted by Gasteiger charge is 2.25. The van der Waals surface area contributed by atoms with E-state index >= 15 is 0 Å². The number of anilines is 1. The summed E-state index contributed by atoms with van der Waals surface area (Å²) in [6, 6.07) is 13.3. The number of nitrogens with one attached hydrogen (secondary N) is 2. The summed E-state index contributed by atoms with van der Waals surface area (Å²) in [5, 5.41) is 5.48. The van der Waals surface area contributed by atoms with Crippen LogP contribution in [0.15, 0.2) is 60.7 Å². The summed E-state index contributed by atoms with van der Waals surface area (Å²) < 4.78 is 11.0. The van der Waals surface area contributed by atoms with Crippen molar-refractivity contribution >= 4 is 23.7 Å². The number of benzene rings is 2. The Balaban J connectivity index is 1.77. The minimum absolute atomic E-state index is 0.122. The van der Waals surface area contributed by atoms with Gasteiger partial charge in [0.2, 0.25) is 0 Å². The average Bonchev–Trinajstić information content (AvgIpc) is 2.76. The monoisotopic (exact) mass is 451 g/mol. The van der Waals surface area contributed by atoms with Gasteiger partial charge in [-0.2, -0.15) is 0 Å². The van der Waals surface area contributed by atoms with Gasteiger partial charge in [-0.1, -0.05) is 42.5 Å². The summed E-state index contributed by atoms with van der Waals surface area (Å²) in [6.07, 6.45) is 3.75. The number of rotatable bonds is 3. The number of imide groups is 1. The second-order valence-corrected chi connectivity index (χ2v) is 8.46. The van der Waals surface area contributed by atoms with Gasteiger partial charge in [-0.3, -0.25) is 9.69 Å². The Morgan fingerprint density at radius 3 is 2.58 bits per heavy atom. The quantitative estimate of drug-likeness (QED) is 0.658. The van der Waals surface area contributed by atoms with E-state index in [1.54, 1.807) is 75.4 Å². The summed E-state index contributed by atoms with van der Waals surface area (Å²) in [6.45, 7) is 6.06. The number of alkyl carbamates (subject to hydrolysis) is 1. The average molecular weight is 452 g/mol. The Labute approximate surface area is 193 Å². The molecule has 33 heavy (non-hydrogen) atoms. The number of ether oxygens (including phenoxy) is 2. The lowest BCUT2D eigenvalue weighted by Crippen LogP contribution is -2.40. The molecule has 8 heteroatoms. The van der Waals surface area contributed by atoms with E-state index in [1.807, 2.05) is 6.08 Å². The third kappa shape index (κ3) is 6.83. The number of amides is 4. The third-order valence-corrected chi connectivity index (χ3v) is 4.69. The van der Waals surface area contributed by atoms with Crippen LogP contribution in [0.5, 0.6) is 5.75 Å². The van der Waals surface area contributed by atoms with E-state index in [2.05, 4.69) is 10.6 Å². The maximum Gasteiger partial charge on any atom is 0.407 e. The first kappa shape index (κ1) is 23.8. The van der Waals surface area contributed by atoms with Crippen molar-refractivity contribution in [3.63, 3.8) is 0 Å². The van der Waals surface area contributed by atoms with E-state index in [1.165, 1.54) is 0 Å². The summed E-state index contributed by atoms with van der Waals surface area (Å²) in [5.74, 6) is -0.0171. The molecule has 174 valence electrons. The molecule has 0 bridgehead atoms. The molecule has 2 aromatic rings. The number of nitrogens with zero attached hydrogens (tertiary/aromatic N) is 1. The second kappa shape index (κ2) is 10.7. The molecule has 2 N–H and O–H groups in total. The van der Waals surface area contributed by atoms with Gasteiger partial charge in [-0.25, -0.2) is 9.59 Å². The smallest absolute Gasteiger partial charge is 0.407 e. The lowest BCUT2D eigenvalue weighted by molar-refractivity contribution is 0.0523. The zero-order valence-corrected chi connectivity index (χ0v) is 19.1. The molecular weight excluding hydrogens is 422 g/mol. The molecular formula is C25H29N3O5. The lowest BCUT2D eigenvalue weighted by atomic mass is 10.1. The molecule has 0 spiro atoms. The highest BCUT2D eigenvalue weighted by Crippen LogP contribution is 2.22. The zero-order valence-electron chi connectivity index (χ0n) is 19.1. The van der Waals surface area contributed by atoms with Crippen molar-refractivity contribution in [2.24, 2.45) is 0 Å². The van der Waals surface area contributed by atoms with Crippen molar-refractivity contribution in [2.45, 2.75) is 39.3 Å². The molecule has 0 saturated carbocycles. The largest absolute Gasteiger partial charge is 0.492 e. The van der Waals surface area contributed by atoms with Crippen LogP contribution < -0.4 is 15.4 Å². The number of fused-ring (bicyclic) bond motifs is 1. The maximum absolute atomic E-state index is 13.2. The summed E-state index contributed by atoms with van der Waals surface area (Å²) >= 11 is 0. The number of carbonyl (C=O) groups excluding carboxylic acids is 3. The molecule has 0 unspecified atom stereocenters. The molecule has 4 amide bonds. The molecule has 8 nitrogen and oxygen atoms in total. The predicted octanol–water partition coefficient (Wildman–Crippen LogP) is 4.72. The van der Waals surface area contributed by atoms with Crippen molar-refractivity contribution in [3.05, 3.63) is 71.8 Å². The van der Waals surface area contributed by atoms with Crippen LogP contribution in [0.3, 0.4) is 0 Å². The van der Waals surface area contributed by atoms with E-state index in [4.69, 9.17) is 9.47 Å². The molecule has 0 fully saturated rings. The van der Waals surface area contributed by atoms with Gasteiger partial charge in [0.15, 0.2) is 0 Å². The van der Waals surface area contributed by atoms with Crippen molar-refractivity contribution in [1.29, 1.82) is 0 Å². The first-order chi connectivity index (χ1) is 15.7. The highest BCUT2D eigenvalue weighted by atomic mass is 16.6. The van der Waals surface area contributed by atoms with Gasteiger partial charge in [0, 0.05) is 18.8 Å². The molecule has 0 saturated heterocycles. The van der Waals surface area contributed by atoms with Crippen LogP contribution in [-0.4, -0.2) is 41.7 Å². The minimum Gasteiger partial charge on any atom is -0.492 e. The van der Waals surface area contributed by atoms with Gasteiger partial charge in [-0.15, -0.1) is 0 Å². The number of carbonyl (C=O) groups is 3. The molecule has 1 aliphatic heterocycles. The van der Waals surface area contributed by atoms with E-state index in [9.17, 15) is 14.4 Å². The van der Waals surface area contributed by atoms with Crippen molar-refractivity contribution in [2.75, 3.05) is 18.5 Å². The van der Waals surface area contributed by atoms with Crippen molar-refractivity contribution < 1.29 is 23.9 Å². The molecule has 0 aliphatic carbocycles. The first-order valence-corrected chi connectivity index (χ1v) is 10.8. The fourth-order valence-electron chi connectivity index (χ4n) is 3.17. The normalized spacial score (nSPS) is 15.0. The SMILES string of the molecule is CC(C)(C)OC(=O)NCc1ccccc1NC(=O)N1C/C=C\CCOc2ccccc2C1=O. The van der Waals surface area contributed by atoms with Gasteiger partial charge in [0.05, 0.1) is 12.2 Å². The maximum atomic E-state index is 13.2. The summed E-state index contributed by atoms with van der Waals surface area (Å²) in [5.41, 5.74) is 0.860. The van der Waals surface area contributed by atoms with Gasteiger partial charge >= 0.3 is 12.1 Å². The molecule has 3 rings (SSSR count). The minimum atomic E-state index is -0.616. The van der Waals surface area contributed by atoms with Crippen LogP contribution in [0.25, 0.3) is 0 Å². The number of para-hydroxylation sites is 2. The van der Waals surface area contributed by atoms with Crippen LogP contribution in [0.4, 0.5) is 15.3 Å². The van der Waals surface area contributed by atoms with Crippen molar-refractivity contribution in [3.8, 4) is 5.75 Å². The van der Waals surface area contributed by atoms with Crippen LogP contribution in [0.1, 0.15) is 43.1 Å². The van der Waals surface area contributed by atoms with E-state index < -0.39 is 23.6 Å².